The maximum absolute atomic E-state index is 12.1. The topological polar surface area (TPSA) is 94.4 Å². The molecule has 1 heterocycles. The maximum Gasteiger partial charge on any atom is 0.406 e. The van der Waals surface area contributed by atoms with Gasteiger partial charge in [0.2, 0.25) is 5.75 Å². The third kappa shape index (κ3) is 4.28. The van der Waals surface area contributed by atoms with Crippen LogP contribution in [0.15, 0.2) is 42.6 Å². The minimum atomic E-state index is -0.647. The molecular weight excluding hydrogens is 310 g/mol. The second-order valence-corrected chi connectivity index (χ2v) is 5.32. The predicted octanol–water partition coefficient (Wildman–Crippen LogP) is 3.52. The molecule has 7 nitrogen and oxygen atoms in total. The molecule has 7 heteroatoms. The zero-order valence-corrected chi connectivity index (χ0v) is 13.6. The molecule has 1 N–H and O–H groups in total. The summed E-state index contributed by atoms with van der Waals surface area (Å²) in [6.07, 6.45) is 2.25. The number of aromatic nitrogens is 1. The lowest BCUT2D eigenvalue weighted by Crippen LogP contribution is -2.21. The first-order chi connectivity index (χ1) is 11.5. The third-order valence-corrected chi connectivity index (χ3v) is 3.66. The number of para-hydroxylation sites is 1. The Kier molecular flexibility index (Phi) is 5.83. The first-order valence-corrected chi connectivity index (χ1v) is 7.64. The van der Waals surface area contributed by atoms with E-state index in [1.807, 2.05) is 24.3 Å². The molecule has 0 saturated heterocycles. The average molecular weight is 329 g/mol. The van der Waals surface area contributed by atoms with Crippen molar-refractivity contribution in [2.45, 2.75) is 26.2 Å². The van der Waals surface area contributed by atoms with E-state index in [0.29, 0.717) is 5.92 Å². The molecule has 0 aliphatic heterocycles. The Labute approximate surface area is 139 Å². The van der Waals surface area contributed by atoms with E-state index in [-0.39, 0.29) is 18.3 Å². The van der Waals surface area contributed by atoms with Crippen molar-refractivity contribution in [2.24, 2.45) is 0 Å². The number of nitro groups is 1. The van der Waals surface area contributed by atoms with Gasteiger partial charge in [-0.3, -0.25) is 4.79 Å². The van der Waals surface area contributed by atoms with Gasteiger partial charge in [-0.15, -0.1) is 0 Å². The average Bonchev–Trinajstić information content (AvgIpc) is 2.60. The van der Waals surface area contributed by atoms with E-state index in [9.17, 15) is 14.9 Å². The highest BCUT2D eigenvalue weighted by Crippen LogP contribution is 2.27. The number of anilines is 1. The van der Waals surface area contributed by atoms with Gasteiger partial charge in [0.05, 0.1) is 0 Å². The van der Waals surface area contributed by atoms with Crippen molar-refractivity contribution in [2.75, 3.05) is 11.9 Å². The molecule has 1 aromatic carbocycles. The third-order valence-electron chi connectivity index (χ3n) is 3.66. The number of ether oxygens (including phenoxy) is 1. The van der Waals surface area contributed by atoms with Crippen LogP contribution >= 0.6 is 0 Å². The zero-order chi connectivity index (χ0) is 17.5. The zero-order valence-electron chi connectivity index (χ0n) is 13.6. The van der Waals surface area contributed by atoms with Crippen LogP contribution in [0.5, 0.6) is 5.75 Å². The predicted molar refractivity (Wildman–Crippen MR) is 90.2 cm³/mol. The summed E-state index contributed by atoms with van der Waals surface area (Å²) >= 11 is 0. The van der Waals surface area contributed by atoms with Crippen LogP contribution in [0.25, 0.3) is 0 Å². The highest BCUT2D eigenvalue weighted by Gasteiger charge is 2.17. The Hall–Kier alpha value is -2.96. The molecule has 2 rings (SSSR count). The molecule has 0 saturated carbocycles. The van der Waals surface area contributed by atoms with Gasteiger partial charge in [-0.25, -0.2) is 0 Å². The van der Waals surface area contributed by atoms with Crippen molar-refractivity contribution < 1.29 is 14.5 Å². The van der Waals surface area contributed by atoms with Gasteiger partial charge in [0.15, 0.2) is 6.61 Å². The van der Waals surface area contributed by atoms with Crippen LogP contribution in [0.4, 0.5) is 11.5 Å². The molecule has 0 fully saturated rings. The van der Waals surface area contributed by atoms with Crippen molar-refractivity contribution in [1.82, 2.24) is 4.98 Å². The first-order valence-electron chi connectivity index (χ1n) is 7.64. The number of pyridine rings is 1. The Morgan fingerprint density at radius 3 is 2.79 bits per heavy atom. The first kappa shape index (κ1) is 17.4. The van der Waals surface area contributed by atoms with Crippen molar-refractivity contribution in [3.05, 3.63) is 58.3 Å². The SMILES string of the molecule is CC[C@H](C)c1ccccc1NC(=O)COc1cccnc1[N+](=O)[O-]. The normalized spacial score (nSPS) is 11.6. The molecule has 1 amide bonds. The van der Waals surface area contributed by atoms with E-state index < -0.39 is 10.7 Å². The van der Waals surface area contributed by atoms with Crippen molar-refractivity contribution in [1.29, 1.82) is 0 Å². The molecule has 2 aromatic rings. The molecule has 0 spiro atoms. The Balaban J connectivity index is 2.04. The summed E-state index contributed by atoms with van der Waals surface area (Å²) < 4.78 is 5.24. The molecule has 0 unspecified atom stereocenters. The maximum atomic E-state index is 12.1. The number of nitrogens with zero attached hydrogens (tertiary/aromatic N) is 2. The number of rotatable bonds is 7. The fraction of sp³-hybridized carbons (Fsp3) is 0.294. The minimum absolute atomic E-state index is 0.0344. The van der Waals surface area contributed by atoms with Gasteiger partial charge < -0.3 is 20.2 Å². The molecule has 126 valence electrons. The summed E-state index contributed by atoms with van der Waals surface area (Å²) in [6, 6.07) is 10.5. The van der Waals surface area contributed by atoms with E-state index in [0.717, 1.165) is 17.7 Å². The molecule has 24 heavy (non-hydrogen) atoms. The number of benzene rings is 1. The van der Waals surface area contributed by atoms with Crippen LogP contribution in [0.1, 0.15) is 31.7 Å². The summed E-state index contributed by atoms with van der Waals surface area (Å²) in [5.74, 6) is -0.524. The number of hydrogen-bond donors (Lipinski definition) is 1. The molecular formula is C17H19N3O4. The number of carbonyl (C=O) groups excluding carboxylic acids is 1. The van der Waals surface area contributed by atoms with Crippen molar-refractivity contribution >= 4 is 17.4 Å². The number of nitrogens with one attached hydrogen (secondary N) is 1. The van der Waals surface area contributed by atoms with Crippen LogP contribution < -0.4 is 10.1 Å². The molecule has 1 aromatic heterocycles. The van der Waals surface area contributed by atoms with Gasteiger partial charge >= 0.3 is 5.82 Å². The van der Waals surface area contributed by atoms with Gasteiger partial charge in [0, 0.05) is 5.69 Å². The standard InChI is InChI=1S/C17H19N3O4/c1-3-12(2)13-7-4-5-8-14(13)19-16(21)11-24-15-9-6-10-18-17(15)20(22)23/h4-10,12H,3,11H2,1-2H3,(H,19,21)/t12-/m0/s1. The van der Waals surface area contributed by atoms with Gasteiger partial charge in [-0.1, -0.05) is 32.0 Å². The molecule has 0 aliphatic rings. The van der Waals surface area contributed by atoms with Crippen LogP contribution in [-0.2, 0) is 4.79 Å². The molecule has 0 radical (unpaired) electrons. The lowest BCUT2D eigenvalue weighted by atomic mass is 9.97. The molecule has 1 atom stereocenters. The highest BCUT2D eigenvalue weighted by molar-refractivity contribution is 5.92. The lowest BCUT2D eigenvalue weighted by Gasteiger charge is -2.15. The number of carbonyl (C=O) groups is 1. The van der Waals surface area contributed by atoms with Gasteiger partial charge in [0.1, 0.15) is 6.20 Å². The van der Waals surface area contributed by atoms with E-state index in [4.69, 9.17) is 4.74 Å². The van der Waals surface area contributed by atoms with Gasteiger partial charge in [-0.2, -0.15) is 0 Å². The van der Waals surface area contributed by atoms with E-state index in [1.54, 1.807) is 0 Å². The fourth-order valence-corrected chi connectivity index (χ4v) is 2.22. The van der Waals surface area contributed by atoms with Gasteiger partial charge in [-0.05, 0) is 46.0 Å². The smallest absolute Gasteiger partial charge is 0.406 e. The van der Waals surface area contributed by atoms with Gasteiger partial charge in [0.25, 0.3) is 5.91 Å². The molecule has 0 bridgehead atoms. The van der Waals surface area contributed by atoms with Crippen LogP contribution in [0, 0.1) is 10.1 Å². The van der Waals surface area contributed by atoms with E-state index in [1.165, 1.54) is 18.3 Å². The van der Waals surface area contributed by atoms with Crippen LogP contribution in [0.3, 0.4) is 0 Å². The second-order valence-electron chi connectivity index (χ2n) is 5.32. The number of hydrogen-bond acceptors (Lipinski definition) is 5. The summed E-state index contributed by atoms with van der Waals surface area (Å²) in [6.45, 7) is 3.83. The number of amides is 1. The highest BCUT2D eigenvalue weighted by atomic mass is 16.6. The quantitative estimate of drug-likeness (QED) is 0.619. The summed E-state index contributed by atoms with van der Waals surface area (Å²) in [4.78, 5) is 26.0. The monoisotopic (exact) mass is 329 g/mol. The van der Waals surface area contributed by atoms with Crippen molar-refractivity contribution in [3.8, 4) is 5.75 Å². The Morgan fingerprint density at radius 2 is 2.08 bits per heavy atom. The largest absolute Gasteiger partial charge is 0.476 e. The summed E-state index contributed by atoms with van der Waals surface area (Å²) in [5.41, 5.74) is 1.77. The Bertz CT molecular complexity index is 733. The minimum Gasteiger partial charge on any atom is -0.476 e. The van der Waals surface area contributed by atoms with Crippen LogP contribution in [-0.4, -0.2) is 22.4 Å². The summed E-state index contributed by atoms with van der Waals surface area (Å²) in [7, 11) is 0. The van der Waals surface area contributed by atoms with Crippen LogP contribution in [0.2, 0.25) is 0 Å². The fourth-order valence-electron chi connectivity index (χ4n) is 2.22. The van der Waals surface area contributed by atoms with E-state index >= 15 is 0 Å². The van der Waals surface area contributed by atoms with E-state index in [2.05, 4.69) is 24.1 Å². The second kappa shape index (κ2) is 8.05. The lowest BCUT2D eigenvalue weighted by molar-refractivity contribution is -0.390. The summed E-state index contributed by atoms with van der Waals surface area (Å²) in [5, 5.41) is 13.7. The van der Waals surface area contributed by atoms with Crippen molar-refractivity contribution in [3.63, 3.8) is 0 Å². The Morgan fingerprint density at radius 1 is 1.33 bits per heavy atom. The molecule has 0 aliphatic carbocycles.